The molecule has 2 aromatic carbocycles. The van der Waals surface area contributed by atoms with Crippen LogP contribution < -0.4 is 10.5 Å². The number of hydrogen-bond donors (Lipinski definition) is 0. The van der Waals surface area contributed by atoms with E-state index in [1.807, 2.05) is 25.1 Å². The van der Waals surface area contributed by atoms with Gasteiger partial charge in [-0.15, -0.1) is 0 Å². The number of amidine groups is 1. The first-order valence-electron chi connectivity index (χ1n) is 13.9. The molecule has 42 heavy (non-hydrogen) atoms. The molecule has 0 unspecified atom stereocenters. The molecule has 0 aliphatic carbocycles. The van der Waals surface area contributed by atoms with Gasteiger partial charge in [-0.3, -0.25) is 9.59 Å². The first-order chi connectivity index (χ1) is 20.2. The molecule has 0 radical (unpaired) electrons. The number of esters is 2. The van der Waals surface area contributed by atoms with E-state index in [1.54, 1.807) is 29.7 Å². The van der Waals surface area contributed by atoms with Crippen LogP contribution in [0, 0.1) is 5.82 Å². The highest BCUT2D eigenvalue weighted by atomic mass is 19.1. The van der Waals surface area contributed by atoms with E-state index in [9.17, 15) is 18.8 Å². The van der Waals surface area contributed by atoms with Crippen molar-refractivity contribution < 1.29 is 23.5 Å². The molecule has 3 aliphatic heterocycles. The molecule has 2 aromatic heterocycles. The van der Waals surface area contributed by atoms with Crippen molar-refractivity contribution in [3.63, 3.8) is 0 Å². The molecule has 4 aromatic rings. The van der Waals surface area contributed by atoms with Gasteiger partial charge in [0.25, 0.3) is 5.56 Å². The number of aromatic nitrogens is 2. The van der Waals surface area contributed by atoms with E-state index in [0.717, 1.165) is 39.2 Å². The minimum absolute atomic E-state index is 0.112. The maximum absolute atomic E-state index is 14.0. The van der Waals surface area contributed by atoms with E-state index >= 15 is 0 Å². The summed E-state index contributed by atoms with van der Waals surface area (Å²) in [6.07, 6.45) is 0.761. The number of ether oxygens (including phenoxy) is 2. The molecule has 9 nitrogen and oxygen atoms in total. The van der Waals surface area contributed by atoms with Crippen LogP contribution in [0.4, 0.5) is 15.8 Å². The molecule has 0 spiro atoms. The van der Waals surface area contributed by atoms with Gasteiger partial charge in [-0.1, -0.05) is 25.1 Å². The summed E-state index contributed by atoms with van der Waals surface area (Å²) in [7, 11) is 0. The van der Waals surface area contributed by atoms with Crippen molar-refractivity contribution in [2.75, 3.05) is 11.4 Å². The van der Waals surface area contributed by atoms with Crippen LogP contribution in [0.3, 0.4) is 0 Å². The highest BCUT2D eigenvalue weighted by Crippen LogP contribution is 2.47. The van der Waals surface area contributed by atoms with Crippen LogP contribution in [-0.4, -0.2) is 33.9 Å². The predicted octanol–water partition coefficient (Wildman–Crippen LogP) is 4.90. The highest BCUT2D eigenvalue weighted by Gasteiger charge is 2.50. The Hall–Kier alpha value is -4.86. The molecule has 212 valence electrons. The Bertz CT molecular complexity index is 1930. The van der Waals surface area contributed by atoms with Crippen LogP contribution in [0.2, 0.25) is 0 Å². The number of anilines is 1. The van der Waals surface area contributed by atoms with E-state index in [0.29, 0.717) is 35.5 Å². The molecule has 0 saturated carbocycles. The summed E-state index contributed by atoms with van der Waals surface area (Å²) in [6, 6.07) is 14.0. The highest BCUT2D eigenvalue weighted by molar-refractivity contribution is 6.15. The van der Waals surface area contributed by atoms with Crippen molar-refractivity contribution in [3.05, 3.63) is 87.0 Å². The smallest absolute Gasteiger partial charge is 0.355 e. The molecule has 0 N–H and O–H groups in total. The van der Waals surface area contributed by atoms with Gasteiger partial charge >= 0.3 is 11.9 Å². The number of hydrogen-bond acceptors (Lipinski definition) is 8. The molecule has 3 aliphatic rings. The van der Waals surface area contributed by atoms with E-state index in [1.165, 1.54) is 19.1 Å². The summed E-state index contributed by atoms with van der Waals surface area (Å²) >= 11 is 0. The summed E-state index contributed by atoms with van der Waals surface area (Å²) in [6.45, 7) is 5.55. The number of fused-ring (bicyclic) bond motifs is 5. The van der Waals surface area contributed by atoms with E-state index in [4.69, 9.17) is 19.5 Å². The average Bonchev–Trinajstić information content (AvgIpc) is 3.34. The Morgan fingerprint density at radius 1 is 1.14 bits per heavy atom. The molecule has 0 saturated heterocycles. The molecule has 10 heteroatoms. The van der Waals surface area contributed by atoms with Crippen molar-refractivity contribution in [2.45, 2.75) is 52.4 Å². The second kappa shape index (κ2) is 9.34. The van der Waals surface area contributed by atoms with Crippen molar-refractivity contribution in [2.24, 2.45) is 4.99 Å². The number of carbonyl (C=O) groups excluding carboxylic acids is 2. The summed E-state index contributed by atoms with van der Waals surface area (Å²) in [5, 5.41) is 0.896. The van der Waals surface area contributed by atoms with Gasteiger partial charge in [-0.05, 0) is 55.7 Å². The number of cyclic esters (lactones) is 1. The first-order valence-corrected chi connectivity index (χ1v) is 13.9. The van der Waals surface area contributed by atoms with E-state index < -0.39 is 17.5 Å². The van der Waals surface area contributed by atoms with Crippen LogP contribution in [-0.2, 0) is 44.2 Å². The number of aliphatic imine (C=N–C) groups is 1. The minimum Gasteiger partial charge on any atom is -0.457 e. The van der Waals surface area contributed by atoms with Crippen molar-refractivity contribution in [3.8, 4) is 11.4 Å². The number of pyridine rings is 2. The lowest BCUT2D eigenvalue weighted by atomic mass is 9.85. The van der Waals surface area contributed by atoms with Crippen LogP contribution >= 0.6 is 0 Å². The van der Waals surface area contributed by atoms with Gasteiger partial charge < -0.3 is 18.9 Å². The van der Waals surface area contributed by atoms with Crippen LogP contribution in [0.15, 0.2) is 58.3 Å². The van der Waals surface area contributed by atoms with Crippen molar-refractivity contribution in [1.82, 2.24) is 9.55 Å². The third kappa shape index (κ3) is 3.71. The summed E-state index contributed by atoms with van der Waals surface area (Å²) in [5.41, 5.74) is 4.10. The fourth-order valence-electron chi connectivity index (χ4n) is 6.44. The van der Waals surface area contributed by atoms with Gasteiger partial charge in [0.05, 0.1) is 45.8 Å². The van der Waals surface area contributed by atoms with E-state index in [-0.39, 0.29) is 30.9 Å². The first kappa shape index (κ1) is 26.1. The average molecular weight is 567 g/mol. The largest absolute Gasteiger partial charge is 0.457 e. The molecule has 0 bridgehead atoms. The zero-order valence-electron chi connectivity index (χ0n) is 23.4. The number of nitrogens with zero attached hydrogens (tertiary/aromatic N) is 4. The van der Waals surface area contributed by atoms with Crippen LogP contribution in [0.25, 0.3) is 22.3 Å². The summed E-state index contributed by atoms with van der Waals surface area (Å²) < 4.78 is 26.2. The molecule has 5 heterocycles. The fourth-order valence-corrected chi connectivity index (χ4v) is 6.44. The number of carbonyl (C=O) groups is 2. The van der Waals surface area contributed by atoms with Gasteiger partial charge in [0, 0.05) is 24.6 Å². The maximum Gasteiger partial charge on any atom is 0.355 e. The Kier molecular flexibility index (Phi) is 5.79. The molecular weight excluding hydrogens is 539 g/mol. The number of benzene rings is 2. The lowest BCUT2D eigenvalue weighted by Crippen LogP contribution is -2.47. The Labute approximate surface area is 240 Å². The monoisotopic (exact) mass is 566 g/mol. The Morgan fingerprint density at radius 3 is 2.67 bits per heavy atom. The topological polar surface area (TPSA) is 103 Å². The molecular formula is C32H27FN4O5. The lowest BCUT2D eigenvalue weighted by molar-refractivity contribution is -0.188. The number of halogens is 1. The zero-order chi connectivity index (χ0) is 29.3. The third-order valence-electron chi connectivity index (χ3n) is 8.43. The molecule has 7 rings (SSSR count). The van der Waals surface area contributed by atoms with Gasteiger partial charge in [0.1, 0.15) is 18.3 Å². The van der Waals surface area contributed by atoms with Gasteiger partial charge in [-0.2, -0.15) is 0 Å². The van der Waals surface area contributed by atoms with Crippen molar-refractivity contribution in [1.29, 1.82) is 0 Å². The third-order valence-corrected chi connectivity index (χ3v) is 8.43. The molecule has 0 amide bonds. The standard InChI is InChI=1S/C32H27FN4O5/c1-4-32(42-18(3)38)23-14-26-28-21(15-37(26)30(39)22(23)16-41-31(32)40)29-27-24(6-5-7-25(27)35-28)34-17(2)36(29)13-12-19-8-10-20(33)11-9-19/h5-11,14H,4,12-13,15-16H2,1-3H3/t32-/m0/s1. The zero-order valence-corrected chi connectivity index (χ0v) is 23.4. The normalized spacial score (nSPS) is 18.2. The Balaban J connectivity index is 1.42. The van der Waals surface area contributed by atoms with Gasteiger partial charge in [0.15, 0.2) is 0 Å². The molecule has 0 fully saturated rings. The minimum atomic E-state index is -1.71. The fraction of sp³-hybridized carbons (Fsp3) is 0.281. The maximum atomic E-state index is 14.0. The quantitative estimate of drug-likeness (QED) is 0.279. The van der Waals surface area contributed by atoms with Gasteiger partial charge in [0.2, 0.25) is 5.60 Å². The Morgan fingerprint density at radius 2 is 1.93 bits per heavy atom. The second-order valence-corrected chi connectivity index (χ2v) is 10.8. The second-order valence-electron chi connectivity index (χ2n) is 10.8. The van der Waals surface area contributed by atoms with Crippen LogP contribution in [0.1, 0.15) is 49.4 Å². The summed E-state index contributed by atoms with van der Waals surface area (Å²) in [5.74, 6) is -0.821. The van der Waals surface area contributed by atoms with Crippen LogP contribution in [0.5, 0.6) is 0 Å². The van der Waals surface area contributed by atoms with Gasteiger partial charge in [-0.25, -0.2) is 19.2 Å². The number of rotatable bonds is 5. The molecule has 1 atom stereocenters. The predicted molar refractivity (Wildman–Crippen MR) is 154 cm³/mol. The summed E-state index contributed by atoms with van der Waals surface area (Å²) in [4.78, 5) is 51.1. The SMILES string of the molecule is CC[C@@]1(OC(C)=O)C(=O)OCc2c1cc1n(c2=O)Cc2c-1nc1cccc3c1c2N(CCc1ccc(F)cc1)C(C)=N3. The van der Waals surface area contributed by atoms with Crippen molar-refractivity contribution >= 4 is 40.1 Å². The van der Waals surface area contributed by atoms with E-state index in [2.05, 4.69) is 4.90 Å². The lowest BCUT2D eigenvalue weighted by Gasteiger charge is -2.35.